The first-order valence-electron chi connectivity index (χ1n) is 7.70. The molecule has 0 aliphatic carbocycles. The Kier molecular flexibility index (Phi) is 4.97. The number of nitrogens with zero attached hydrogens (tertiary/aromatic N) is 2. The lowest BCUT2D eigenvalue weighted by molar-refractivity contribution is 0.213. The van der Waals surface area contributed by atoms with Gasteiger partial charge in [0.15, 0.2) is 5.82 Å². The van der Waals surface area contributed by atoms with E-state index in [0.717, 1.165) is 50.5 Å². The molecule has 1 N–H and O–H groups in total. The first-order valence-corrected chi connectivity index (χ1v) is 7.70. The highest BCUT2D eigenvalue weighted by atomic mass is 16.5. The molecule has 0 saturated carbocycles. The van der Waals surface area contributed by atoms with Crippen LogP contribution in [-0.4, -0.2) is 23.2 Å². The van der Waals surface area contributed by atoms with E-state index in [1.54, 1.807) is 0 Å². The molecule has 4 heteroatoms. The maximum Gasteiger partial charge on any atom is 0.234 e. The van der Waals surface area contributed by atoms with Crippen LogP contribution >= 0.6 is 0 Å². The van der Waals surface area contributed by atoms with Crippen LogP contribution in [-0.2, 0) is 11.8 Å². The van der Waals surface area contributed by atoms with Gasteiger partial charge in [-0.15, -0.1) is 0 Å². The number of aromatic nitrogens is 2. The molecule has 1 fully saturated rings. The summed E-state index contributed by atoms with van der Waals surface area (Å²) < 4.78 is 5.59. The molecule has 1 atom stereocenters. The smallest absolute Gasteiger partial charge is 0.234 e. The fraction of sp³-hybridized carbons (Fsp3) is 0.867. The Hall–Kier alpha value is -0.900. The summed E-state index contributed by atoms with van der Waals surface area (Å²) in [5.41, 5.74) is 0.0794. The van der Waals surface area contributed by atoms with Crippen molar-refractivity contribution in [2.45, 2.75) is 64.7 Å². The van der Waals surface area contributed by atoms with Gasteiger partial charge in [-0.3, -0.25) is 0 Å². The Morgan fingerprint density at radius 1 is 1.42 bits per heavy atom. The Morgan fingerprint density at radius 2 is 2.26 bits per heavy atom. The van der Waals surface area contributed by atoms with Gasteiger partial charge in [0.2, 0.25) is 5.89 Å². The van der Waals surface area contributed by atoms with E-state index in [0.29, 0.717) is 5.92 Å². The van der Waals surface area contributed by atoms with Crippen molar-refractivity contribution < 1.29 is 4.52 Å². The van der Waals surface area contributed by atoms with Crippen molar-refractivity contribution in [1.29, 1.82) is 0 Å². The van der Waals surface area contributed by atoms with Gasteiger partial charge in [-0.05, 0) is 38.1 Å². The fourth-order valence-electron chi connectivity index (χ4n) is 2.94. The summed E-state index contributed by atoms with van der Waals surface area (Å²) in [4.78, 5) is 4.68. The third kappa shape index (κ3) is 3.56. The molecule has 0 amide bonds. The zero-order valence-corrected chi connectivity index (χ0v) is 12.5. The van der Waals surface area contributed by atoms with Crippen LogP contribution in [0.4, 0.5) is 0 Å². The molecule has 1 aromatic heterocycles. The first-order chi connectivity index (χ1) is 9.16. The number of hydrogen-bond donors (Lipinski definition) is 1. The highest BCUT2D eigenvalue weighted by Crippen LogP contribution is 2.34. The lowest BCUT2D eigenvalue weighted by Crippen LogP contribution is -2.43. The van der Waals surface area contributed by atoms with Crippen molar-refractivity contribution >= 4 is 0 Å². The normalized spacial score (nSPS) is 24.0. The van der Waals surface area contributed by atoms with Gasteiger partial charge in [0.25, 0.3) is 0 Å². The average molecular weight is 265 g/mol. The fourth-order valence-corrected chi connectivity index (χ4v) is 2.94. The Morgan fingerprint density at radius 3 is 2.89 bits per heavy atom. The van der Waals surface area contributed by atoms with Gasteiger partial charge in [-0.25, -0.2) is 0 Å². The summed E-state index contributed by atoms with van der Waals surface area (Å²) in [6.45, 7) is 8.77. The predicted octanol–water partition coefficient (Wildman–Crippen LogP) is 3.08. The number of rotatable bonds is 6. The predicted molar refractivity (Wildman–Crippen MR) is 76.1 cm³/mol. The molecule has 1 aliphatic rings. The van der Waals surface area contributed by atoms with Crippen LogP contribution in [0, 0.1) is 5.92 Å². The van der Waals surface area contributed by atoms with Gasteiger partial charge in [-0.2, -0.15) is 4.98 Å². The van der Waals surface area contributed by atoms with Gasteiger partial charge in [0.05, 0.1) is 5.41 Å². The molecule has 0 radical (unpaired) electrons. The molecule has 2 heterocycles. The van der Waals surface area contributed by atoms with Gasteiger partial charge in [0.1, 0.15) is 0 Å². The Balaban J connectivity index is 2.09. The van der Waals surface area contributed by atoms with Gasteiger partial charge < -0.3 is 9.84 Å². The van der Waals surface area contributed by atoms with E-state index in [1.807, 2.05) is 0 Å². The first kappa shape index (κ1) is 14.5. The van der Waals surface area contributed by atoms with E-state index >= 15 is 0 Å². The van der Waals surface area contributed by atoms with Crippen LogP contribution in [0.3, 0.4) is 0 Å². The third-order valence-electron chi connectivity index (χ3n) is 4.07. The summed E-state index contributed by atoms with van der Waals surface area (Å²) in [6.07, 6.45) is 6.70. The molecule has 1 aromatic rings. The molecule has 1 unspecified atom stereocenters. The average Bonchev–Trinajstić information content (AvgIpc) is 2.87. The molecular weight excluding hydrogens is 238 g/mol. The second-order valence-corrected chi connectivity index (χ2v) is 6.26. The zero-order valence-electron chi connectivity index (χ0n) is 12.5. The summed E-state index contributed by atoms with van der Waals surface area (Å²) in [6, 6.07) is 0. The number of hydrogen-bond acceptors (Lipinski definition) is 4. The molecule has 1 aliphatic heterocycles. The van der Waals surface area contributed by atoms with Crippen LogP contribution in [0.25, 0.3) is 0 Å². The third-order valence-corrected chi connectivity index (χ3v) is 4.07. The molecule has 2 rings (SSSR count). The van der Waals surface area contributed by atoms with Crippen molar-refractivity contribution in [3.05, 3.63) is 11.7 Å². The minimum absolute atomic E-state index is 0.0794. The van der Waals surface area contributed by atoms with Crippen LogP contribution in [0.5, 0.6) is 0 Å². The van der Waals surface area contributed by atoms with Gasteiger partial charge in [-0.1, -0.05) is 32.3 Å². The quantitative estimate of drug-likeness (QED) is 0.858. The summed E-state index contributed by atoms with van der Waals surface area (Å²) in [7, 11) is 0. The summed E-state index contributed by atoms with van der Waals surface area (Å²) in [5.74, 6) is 2.42. The van der Waals surface area contributed by atoms with E-state index in [2.05, 4.69) is 36.2 Å². The molecular formula is C15H27N3O. The van der Waals surface area contributed by atoms with E-state index in [9.17, 15) is 0 Å². The van der Waals surface area contributed by atoms with Crippen molar-refractivity contribution in [2.75, 3.05) is 13.1 Å². The molecule has 0 spiro atoms. The van der Waals surface area contributed by atoms with Crippen molar-refractivity contribution in [3.8, 4) is 0 Å². The number of piperidine rings is 1. The van der Waals surface area contributed by atoms with E-state index in [1.165, 1.54) is 12.8 Å². The van der Waals surface area contributed by atoms with Crippen LogP contribution in [0.1, 0.15) is 64.6 Å². The number of aryl methyl sites for hydroxylation is 1. The second-order valence-electron chi connectivity index (χ2n) is 6.26. The molecule has 1 saturated heterocycles. The molecule has 0 aromatic carbocycles. The van der Waals surface area contributed by atoms with Crippen LogP contribution < -0.4 is 5.32 Å². The lowest BCUT2D eigenvalue weighted by Gasteiger charge is -2.34. The molecule has 4 nitrogen and oxygen atoms in total. The van der Waals surface area contributed by atoms with E-state index in [-0.39, 0.29) is 5.41 Å². The van der Waals surface area contributed by atoms with Crippen molar-refractivity contribution in [3.63, 3.8) is 0 Å². The largest absolute Gasteiger partial charge is 0.339 e. The monoisotopic (exact) mass is 265 g/mol. The highest BCUT2D eigenvalue weighted by Gasteiger charge is 2.38. The van der Waals surface area contributed by atoms with E-state index < -0.39 is 0 Å². The van der Waals surface area contributed by atoms with Crippen LogP contribution in [0.2, 0.25) is 0 Å². The maximum absolute atomic E-state index is 5.59. The Bertz CT molecular complexity index is 375. The maximum atomic E-state index is 5.59. The highest BCUT2D eigenvalue weighted by molar-refractivity contribution is 5.08. The SMILES string of the molecule is CCCC1(c2nc(CCC(C)C)no2)CCCNC1. The minimum atomic E-state index is 0.0794. The zero-order chi connectivity index (χ0) is 13.7. The molecule has 108 valence electrons. The van der Waals surface area contributed by atoms with Gasteiger partial charge >= 0.3 is 0 Å². The summed E-state index contributed by atoms with van der Waals surface area (Å²) in [5, 5.41) is 7.67. The Labute approximate surface area is 116 Å². The minimum Gasteiger partial charge on any atom is -0.339 e. The number of nitrogens with one attached hydrogen (secondary N) is 1. The van der Waals surface area contributed by atoms with Crippen LogP contribution in [0.15, 0.2) is 4.52 Å². The van der Waals surface area contributed by atoms with E-state index in [4.69, 9.17) is 4.52 Å². The van der Waals surface area contributed by atoms with Crippen molar-refractivity contribution in [1.82, 2.24) is 15.5 Å². The molecule has 19 heavy (non-hydrogen) atoms. The van der Waals surface area contributed by atoms with Gasteiger partial charge in [0, 0.05) is 13.0 Å². The van der Waals surface area contributed by atoms with Crippen molar-refractivity contribution in [2.24, 2.45) is 5.92 Å². The lowest BCUT2D eigenvalue weighted by atomic mass is 9.77. The topological polar surface area (TPSA) is 51.0 Å². The second kappa shape index (κ2) is 6.51. The summed E-state index contributed by atoms with van der Waals surface area (Å²) >= 11 is 0. The molecule has 0 bridgehead atoms. The standard InChI is InChI=1S/C15H27N3O/c1-4-8-15(9-5-10-16-11-15)14-17-13(18-19-14)7-6-12(2)3/h12,16H,4-11H2,1-3H3.